The summed E-state index contributed by atoms with van der Waals surface area (Å²) < 4.78 is 2.28. The van der Waals surface area contributed by atoms with Crippen LogP contribution in [0.2, 0.25) is 0 Å². The number of aromatic nitrogens is 2. The number of hydrogen-bond acceptors (Lipinski definition) is 4. The molecule has 1 aliphatic rings. The summed E-state index contributed by atoms with van der Waals surface area (Å²) in [5.74, 6) is 0.000753. The Balaban J connectivity index is 1.57. The van der Waals surface area contributed by atoms with E-state index < -0.39 is 0 Å². The molecule has 3 aromatic rings. The summed E-state index contributed by atoms with van der Waals surface area (Å²) in [4.78, 5) is 20.8. The zero-order chi connectivity index (χ0) is 19.7. The average molecular weight is 395 g/mol. The Morgan fingerprint density at radius 2 is 2.18 bits per heavy atom. The van der Waals surface area contributed by atoms with Gasteiger partial charge in [0.25, 0.3) is 5.91 Å². The molecule has 3 aromatic heterocycles. The second-order valence-corrected chi connectivity index (χ2v) is 8.47. The first-order chi connectivity index (χ1) is 13.6. The molecule has 1 unspecified atom stereocenters. The molecule has 1 N–H and O–H groups in total. The minimum atomic E-state index is 0.000753. The summed E-state index contributed by atoms with van der Waals surface area (Å²) in [6.07, 6.45) is 6.06. The number of likely N-dealkylation sites (tertiary alicyclic amines) is 1. The fraction of sp³-hybridized carbons (Fsp3) is 0.364. The van der Waals surface area contributed by atoms with Gasteiger partial charge in [-0.1, -0.05) is 0 Å². The highest BCUT2D eigenvalue weighted by Crippen LogP contribution is 2.37. The van der Waals surface area contributed by atoms with Gasteiger partial charge in [-0.05, 0) is 69.1 Å². The Labute approximate surface area is 170 Å². The molecule has 5 nitrogen and oxygen atoms in total. The third-order valence-corrected chi connectivity index (χ3v) is 6.77. The van der Waals surface area contributed by atoms with Crippen molar-refractivity contribution in [2.24, 2.45) is 0 Å². The topological polar surface area (TPSA) is 50.2 Å². The lowest BCUT2D eigenvalue weighted by Gasteiger charge is -2.23. The van der Waals surface area contributed by atoms with E-state index in [0.29, 0.717) is 6.04 Å². The molecule has 0 bridgehead atoms. The Hall–Kier alpha value is -2.44. The van der Waals surface area contributed by atoms with Gasteiger partial charge in [0.2, 0.25) is 0 Å². The summed E-state index contributed by atoms with van der Waals surface area (Å²) in [5, 5.41) is 2.72. The van der Waals surface area contributed by atoms with Gasteiger partial charge in [0.1, 0.15) is 0 Å². The van der Waals surface area contributed by atoms with Crippen LogP contribution >= 0.6 is 11.3 Å². The van der Waals surface area contributed by atoms with Gasteiger partial charge in [0.05, 0.1) is 16.8 Å². The lowest BCUT2D eigenvalue weighted by atomic mass is 10.1. The second-order valence-electron chi connectivity index (χ2n) is 7.35. The van der Waals surface area contributed by atoms with Crippen LogP contribution in [0.4, 0.5) is 0 Å². The van der Waals surface area contributed by atoms with Crippen LogP contribution in [-0.2, 0) is 6.54 Å². The summed E-state index contributed by atoms with van der Waals surface area (Å²) in [6.45, 7) is 6.36. The smallest absolute Gasteiger partial charge is 0.261 e. The quantitative estimate of drug-likeness (QED) is 0.704. The van der Waals surface area contributed by atoms with Crippen LogP contribution in [0, 0.1) is 13.8 Å². The minimum Gasteiger partial charge on any atom is -0.354 e. The number of rotatable bonds is 5. The molecule has 0 aromatic carbocycles. The highest BCUT2D eigenvalue weighted by molar-refractivity contribution is 7.14. The fourth-order valence-corrected chi connectivity index (χ4v) is 5.33. The number of nitrogens with one attached hydrogen (secondary N) is 1. The number of carbonyl (C=O) groups excluding carboxylic acids is 1. The van der Waals surface area contributed by atoms with E-state index in [9.17, 15) is 4.79 Å². The number of hydrogen-bond donors (Lipinski definition) is 1. The molecule has 4 heterocycles. The molecular formula is C22H26N4OS. The third kappa shape index (κ3) is 3.50. The van der Waals surface area contributed by atoms with Crippen molar-refractivity contribution in [3.05, 3.63) is 69.4 Å². The summed E-state index contributed by atoms with van der Waals surface area (Å²) in [5.41, 5.74) is 4.97. The van der Waals surface area contributed by atoms with E-state index in [4.69, 9.17) is 0 Å². The maximum absolute atomic E-state index is 11.9. The van der Waals surface area contributed by atoms with Gasteiger partial charge < -0.3 is 9.88 Å². The number of pyridine rings is 1. The molecule has 0 radical (unpaired) electrons. The van der Waals surface area contributed by atoms with E-state index >= 15 is 0 Å². The van der Waals surface area contributed by atoms with Gasteiger partial charge in [-0.2, -0.15) is 0 Å². The Morgan fingerprint density at radius 1 is 1.32 bits per heavy atom. The Morgan fingerprint density at radius 3 is 2.93 bits per heavy atom. The maximum atomic E-state index is 11.9. The van der Waals surface area contributed by atoms with E-state index in [1.54, 1.807) is 18.4 Å². The second kappa shape index (κ2) is 7.89. The van der Waals surface area contributed by atoms with Gasteiger partial charge >= 0.3 is 0 Å². The Bertz CT molecular complexity index is 976. The highest BCUT2D eigenvalue weighted by atomic mass is 32.1. The van der Waals surface area contributed by atoms with Gasteiger partial charge in [0.15, 0.2) is 0 Å². The molecule has 1 fully saturated rings. The van der Waals surface area contributed by atoms with Crippen LogP contribution < -0.4 is 5.32 Å². The molecule has 0 aliphatic carbocycles. The number of thiophene rings is 1. The molecule has 6 heteroatoms. The highest BCUT2D eigenvalue weighted by Gasteiger charge is 2.28. The van der Waals surface area contributed by atoms with E-state index in [2.05, 4.69) is 51.8 Å². The van der Waals surface area contributed by atoms with Crippen molar-refractivity contribution in [3.8, 4) is 5.69 Å². The predicted octanol–water partition coefficient (Wildman–Crippen LogP) is 4.25. The predicted molar refractivity (Wildman–Crippen MR) is 113 cm³/mol. The van der Waals surface area contributed by atoms with Crippen LogP contribution in [0.25, 0.3) is 5.69 Å². The first-order valence-electron chi connectivity index (χ1n) is 9.72. The van der Waals surface area contributed by atoms with Crippen LogP contribution in [0.15, 0.2) is 42.7 Å². The summed E-state index contributed by atoms with van der Waals surface area (Å²) in [7, 11) is 1.68. The molecule has 28 heavy (non-hydrogen) atoms. The van der Waals surface area contributed by atoms with Crippen molar-refractivity contribution < 1.29 is 4.79 Å². The molecule has 1 saturated heterocycles. The average Bonchev–Trinajstić information content (AvgIpc) is 3.42. The normalized spacial score (nSPS) is 17.2. The monoisotopic (exact) mass is 394 g/mol. The van der Waals surface area contributed by atoms with Gasteiger partial charge in [-0.25, -0.2) is 0 Å². The summed E-state index contributed by atoms with van der Waals surface area (Å²) in [6, 6.07) is 10.8. The van der Waals surface area contributed by atoms with E-state index in [0.717, 1.165) is 30.1 Å². The molecule has 0 saturated carbocycles. The molecule has 4 rings (SSSR count). The molecule has 146 valence electrons. The number of carbonyl (C=O) groups is 1. The number of nitrogens with zero attached hydrogens (tertiary/aromatic N) is 3. The molecule has 1 atom stereocenters. The largest absolute Gasteiger partial charge is 0.354 e. The molecule has 0 spiro atoms. The zero-order valence-electron chi connectivity index (χ0n) is 16.6. The van der Waals surface area contributed by atoms with Crippen molar-refractivity contribution in [2.75, 3.05) is 13.6 Å². The van der Waals surface area contributed by atoms with E-state index in [1.807, 2.05) is 24.5 Å². The van der Waals surface area contributed by atoms with E-state index in [1.165, 1.54) is 28.2 Å². The maximum Gasteiger partial charge on any atom is 0.261 e. The number of aryl methyl sites for hydroxylation is 1. The SMILES string of the molecule is CNC(=O)c1ccc(C2CCCN2Cc2cc(C)n(-c3cccnc3)c2C)s1. The molecule has 1 amide bonds. The Kier molecular flexibility index (Phi) is 5.33. The van der Waals surface area contributed by atoms with Crippen molar-refractivity contribution in [2.45, 2.75) is 39.3 Å². The fourth-order valence-electron chi connectivity index (χ4n) is 4.21. The summed E-state index contributed by atoms with van der Waals surface area (Å²) >= 11 is 1.62. The van der Waals surface area contributed by atoms with Crippen LogP contribution in [0.3, 0.4) is 0 Å². The molecular weight excluding hydrogens is 368 g/mol. The van der Waals surface area contributed by atoms with Crippen LogP contribution in [-0.4, -0.2) is 34.0 Å². The zero-order valence-corrected chi connectivity index (χ0v) is 17.4. The first kappa shape index (κ1) is 18.9. The lowest BCUT2D eigenvalue weighted by molar-refractivity contribution is 0.0967. The van der Waals surface area contributed by atoms with Crippen molar-refractivity contribution in [1.82, 2.24) is 19.8 Å². The van der Waals surface area contributed by atoms with Crippen LogP contribution in [0.1, 0.15) is 50.4 Å². The standard InChI is InChI=1S/C22H26N4OS/c1-15-12-17(16(2)26(15)18-6-4-10-24-13-18)14-25-11-5-7-19(25)20-8-9-21(28-20)22(27)23-3/h4,6,8-10,12-13,19H,5,7,11,14H2,1-3H3,(H,23,27). The van der Waals surface area contributed by atoms with Crippen molar-refractivity contribution in [1.29, 1.82) is 0 Å². The molecule has 1 aliphatic heterocycles. The van der Waals surface area contributed by atoms with Crippen LogP contribution in [0.5, 0.6) is 0 Å². The lowest BCUT2D eigenvalue weighted by Crippen LogP contribution is -2.22. The van der Waals surface area contributed by atoms with Crippen molar-refractivity contribution in [3.63, 3.8) is 0 Å². The van der Waals surface area contributed by atoms with E-state index in [-0.39, 0.29) is 5.91 Å². The first-order valence-corrected chi connectivity index (χ1v) is 10.5. The van der Waals surface area contributed by atoms with Crippen molar-refractivity contribution >= 4 is 17.2 Å². The third-order valence-electron chi connectivity index (χ3n) is 5.58. The minimum absolute atomic E-state index is 0.000753. The van der Waals surface area contributed by atoms with Gasteiger partial charge in [0, 0.05) is 42.1 Å². The van der Waals surface area contributed by atoms with Gasteiger partial charge in [-0.3, -0.25) is 14.7 Å². The number of amides is 1. The van der Waals surface area contributed by atoms with Gasteiger partial charge in [-0.15, -0.1) is 11.3 Å².